The number of rotatable bonds is 5. The maximum absolute atomic E-state index is 11.1. The zero-order valence-electron chi connectivity index (χ0n) is 11.4. The summed E-state index contributed by atoms with van der Waals surface area (Å²) in [5.74, 6) is 1.77. The zero-order valence-corrected chi connectivity index (χ0v) is 11.4. The van der Waals surface area contributed by atoms with E-state index in [1.165, 1.54) is 6.92 Å². The van der Waals surface area contributed by atoms with Gasteiger partial charge in [-0.3, -0.25) is 4.79 Å². The molecule has 1 amide bonds. The van der Waals surface area contributed by atoms with Crippen LogP contribution >= 0.6 is 0 Å². The maximum Gasteiger partial charge on any atom is 0.217 e. The van der Waals surface area contributed by atoms with E-state index < -0.39 is 0 Å². The van der Waals surface area contributed by atoms with Gasteiger partial charge in [-0.2, -0.15) is 0 Å². The third-order valence-corrected chi connectivity index (χ3v) is 2.61. The number of carbonyl (C=O) groups is 1. The Balaban J connectivity index is 3.25. The van der Waals surface area contributed by atoms with Crippen molar-refractivity contribution in [2.45, 2.75) is 19.9 Å². The van der Waals surface area contributed by atoms with Crippen molar-refractivity contribution in [1.29, 1.82) is 0 Å². The van der Waals surface area contributed by atoms with Crippen LogP contribution in [0.1, 0.15) is 25.5 Å². The van der Waals surface area contributed by atoms with E-state index in [1.54, 1.807) is 33.5 Å². The predicted octanol–water partition coefficient (Wildman–Crippen LogP) is 1.91. The molecule has 100 valence electrons. The summed E-state index contributed by atoms with van der Waals surface area (Å²) in [6.07, 6.45) is 0. The van der Waals surface area contributed by atoms with Crippen LogP contribution in [0.3, 0.4) is 0 Å². The molecule has 1 N–H and O–H groups in total. The van der Waals surface area contributed by atoms with Crippen LogP contribution in [0.5, 0.6) is 17.2 Å². The quantitative estimate of drug-likeness (QED) is 0.871. The summed E-state index contributed by atoms with van der Waals surface area (Å²) >= 11 is 0. The van der Waals surface area contributed by atoms with Gasteiger partial charge in [-0.25, -0.2) is 0 Å². The molecule has 0 aliphatic heterocycles. The van der Waals surface area contributed by atoms with Gasteiger partial charge in [-0.15, -0.1) is 0 Å². The molecule has 0 spiro atoms. The van der Waals surface area contributed by atoms with Gasteiger partial charge in [0.2, 0.25) is 5.91 Å². The molecular weight excluding hydrogens is 234 g/mol. The first-order valence-electron chi connectivity index (χ1n) is 5.60. The molecular formula is C13H19NO4. The lowest BCUT2D eigenvalue weighted by Gasteiger charge is -2.20. The lowest BCUT2D eigenvalue weighted by molar-refractivity contribution is -0.119. The molecule has 0 bridgehead atoms. The van der Waals surface area contributed by atoms with Gasteiger partial charge in [0.05, 0.1) is 32.9 Å². The van der Waals surface area contributed by atoms with Crippen molar-refractivity contribution in [2.24, 2.45) is 0 Å². The second-order valence-corrected chi connectivity index (χ2v) is 3.87. The molecule has 1 atom stereocenters. The minimum absolute atomic E-state index is 0.109. The fourth-order valence-electron chi connectivity index (χ4n) is 1.84. The summed E-state index contributed by atoms with van der Waals surface area (Å²) < 4.78 is 15.8. The fourth-order valence-corrected chi connectivity index (χ4v) is 1.84. The van der Waals surface area contributed by atoms with Crippen LogP contribution in [-0.2, 0) is 4.79 Å². The number of methoxy groups -OCH3 is 3. The van der Waals surface area contributed by atoms with Crippen molar-refractivity contribution in [3.8, 4) is 17.2 Å². The molecule has 0 heterocycles. The summed E-state index contributed by atoms with van der Waals surface area (Å²) in [5.41, 5.74) is 0.788. The van der Waals surface area contributed by atoms with Crippen LogP contribution in [0.4, 0.5) is 0 Å². The Morgan fingerprint density at radius 3 is 1.94 bits per heavy atom. The largest absolute Gasteiger partial charge is 0.496 e. The first-order valence-corrected chi connectivity index (χ1v) is 5.60. The molecule has 0 aliphatic rings. The van der Waals surface area contributed by atoms with Crippen molar-refractivity contribution in [3.63, 3.8) is 0 Å². The standard InChI is InChI=1S/C13H19NO4/c1-8(14-9(2)15)13-11(17-4)6-10(16-3)7-12(13)18-5/h6-8H,1-5H3,(H,14,15). The van der Waals surface area contributed by atoms with Crippen molar-refractivity contribution >= 4 is 5.91 Å². The van der Waals surface area contributed by atoms with Gasteiger partial charge in [-0.05, 0) is 6.92 Å². The Hall–Kier alpha value is -1.91. The SMILES string of the molecule is COc1cc(OC)c(C(C)NC(C)=O)c(OC)c1. The molecule has 0 aliphatic carbocycles. The third-order valence-electron chi connectivity index (χ3n) is 2.61. The van der Waals surface area contributed by atoms with E-state index in [0.717, 1.165) is 5.56 Å². The number of carbonyl (C=O) groups excluding carboxylic acids is 1. The topological polar surface area (TPSA) is 56.8 Å². The molecule has 1 aromatic rings. The average molecular weight is 253 g/mol. The van der Waals surface area contributed by atoms with Gasteiger partial charge in [0.1, 0.15) is 17.2 Å². The molecule has 5 nitrogen and oxygen atoms in total. The van der Waals surface area contributed by atoms with Gasteiger partial charge < -0.3 is 19.5 Å². The first kappa shape index (κ1) is 14.2. The van der Waals surface area contributed by atoms with E-state index in [9.17, 15) is 4.79 Å². The number of hydrogen-bond acceptors (Lipinski definition) is 4. The van der Waals surface area contributed by atoms with E-state index in [4.69, 9.17) is 14.2 Å². The maximum atomic E-state index is 11.1. The lowest BCUT2D eigenvalue weighted by atomic mass is 10.1. The van der Waals surface area contributed by atoms with Gasteiger partial charge in [0, 0.05) is 19.1 Å². The van der Waals surface area contributed by atoms with Crippen molar-refractivity contribution in [3.05, 3.63) is 17.7 Å². The summed E-state index contributed by atoms with van der Waals surface area (Å²) in [5, 5.41) is 2.81. The van der Waals surface area contributed by atoms with Gasteiger partial charge >= 0.3 is 0 Å². The molecule has 18 heavy (non-hydrogen) atoms. The Morgan fingerprint density at radius 1 is 1.11 bits per heavy atom. The smallest absolute Gasteiger partial charge is 0.217 e. The van der Waals surface area contributed by atoms with Gasteiger partial charge in [-0.1, -0.05) is 0 Å². The van der Waals surface area contributed by atoms with Crippen LogP contribution in [0.25, 0.3) is 0 Å². The number of benzene rings is 1. The number of ether oxygens (including phenoxy) is 3. The summed E-state index contributed by atoms with van der Waals surface area (Å²) in [4.78, 5) is 11.1. The van der Waals surface area contributed by atoms with Crippen LogP contribution in [-0.4, -0.2) is 27.2 Å². The molecule has 1 unspecified atom stereocenters. The highest BCUT2D eigenvalue weighted by Gasteiger charge is 2.19. The van der Waals surface area contributed by atoms with Crippen molar-refractivity contribution in [2.75, 3.05) is 21.3 Å². The molecule has 1 rings (SSSR count). The first-order chi connectivity index (χ1) is 8.53. The Morgan fingerprint density at radius 2 is 1.61 bits per heavy atom. The summed E-state index contributed by atoms with van der Waals surface area (Å²) in [7, 11) is 4.71. The number of hydrogen-bond donors (Lipinski definition) is 1. The Bertz CT molecular complexity index is 406. The van der Waals surface area contributed by atoms with Crippen LogP contribution in [0.15, 0.2) is 12.1 Å². The van der Waals surface area contributed by atoms with E-state index in [0.29, 0.717) is 17.2 Å². The molecule has 0 saturated carbocycles. The molecule has 0 saturated heterocycles. The minimum atomic E-state index is -0.210. The van der Waals surface area contributed by atoms with Crippen LogP contribution in [0, 0.1) is 0 Å². The van der Waals surface area contributed by atoms with Gasteiger partial charge in [0.25, 0.3) is 0 Å². The number of nitrogens with one attached hydrogen (secondary N) is 1. The highest BCUT2D eigenvalue weighted by molar-refractivity contribution is 5.73. The minimum Gasteiger partial charge on any atom is -0.496 e. The van der Waals surface area contributed by atoms with Crippen LogP contribution in [0.2, 0.25) is 0 Å². The van der Waals surface area contributed by atoms with E-state index in [-0.39, 0.29) is 11.9 Å². The number of amides is 1. The summed E-state index contributed by atoms with van der Waals surface area (Å²) in [6.45, 7) is 3.34. The lowest BCUT2D eigenvalue weighted by Crippen LogP contribution is -2.24. The highest BCUT2D eigenvalue weighted by Crippen LogP contribution is 2.38. The van der Waals surface area contributed by atoms with Crippen LogP contribution < -0.4 is 19.5 Å². The monoisotopic (exact) mass is 253 g/mol. The van der Waals surface area contributed by atoms with E-state index in [1.807, 2.05) is 6.92 Å². The molecule has 5 heteroatoms. The molecule has 0 aromatic heterocycles. The Labute approximate surface area is 107 Å². The van der Waals surface area contributed by atoms with Gasteiger partial charge in [0.15, 0.2) is 0 Å². The molecule has 0 radical (unpaired) electrons. The molecule has 0 fully saturated rings. The normalized spacial score (nSPS) is 11.6. The zero-order chi connectivity index (χ0) is 13.7. The fraction of sp³-hybridized carbons (Fsp3) is 0.462. The Kier molecular flexibility index (Phi) is 4.83. The highest BCUT2D eigenvalue weighted by atomic mass is 16.5. The molecule has 1 aromatic carbocycles. The van der Waals surface area contributed by atoms with E-state index in [2.05, 4.69) is 5.32 Å². The van der Waals surface area contributed by atoms with E-state index >= 15 is 0 Å². The average Bonchev–Trinajstić information content (AvgIpc) is 2.35. The predicted molar refractivity (Wildman–Crippen MR) is 68.3 cm³/mol. The second-order valence-electron chi connectivity index (χ2n) is 3.87. The second kappa shape index (κ2) is 6.14. The van der Waals surface area contributed by atoms with Crippen molar-refractivity contribution in [1.82, 2.24) is 5.32 Å². The van der Waals surface area contributed by atoms with Crippen molar-refractivity contribution < 1.29 is 19.0 Å². The third kappa shape index (κ3) is 3.06. The summed E-state index contributed by atoms with van der Waals surface area (Å²) in [6, 6.07) is 3.31.